The number of rotatable bonds is 6. The van der Waals surface area contributed by atoms with Crippen LogP contribution in [0.15, 0.2) is 18.2 Å². The molecule has 1 fully saturated rings. The van der Waals surface area contributed by atoms with Crippen LogP contribution in [0.25, 0.3) is 0 Å². The molecular formula is C17H25F2NO. The number of hydrogen-bond acceptors (Lipinski definition) is 2. The van der Waals surface area contributed by atoms with E-state index in [1.165, 1.54) is 24.6 Å². The summed E-state index contributed by atoms with van der Waals surface area (Å²) in [5.41, 5.74) is 0.0829. The predicted molar refractivity (Wildman–Crippen MR) is 80.1 cm³/mol. The summed E-state index contributed by atoms with van der Waals surface area (Å²) in [4.78, 5) is 0. The first kappa shape index (κ1) is 16.4. The lowest BCUT2D eigenvalue weighted by Gasteiger charge is -2.36. The van der Waals surface area contributed by atoms with Crippen LogP contribution in [0.4, 0.5) is 8.78 Å². The summed E-state index contributed by atoms with van der Waals surface area (Å²) < 4.78 is 27.3. The summed E-state index contributed by atoms with van der Waals surface area (Å²) in [6.07, 6.45) is 5.91. The van der Waals surface area contributed by atoms with Crippen LogP contribution >= 0.6 is 0 Å². The second-order valence-corrected chi connectivity index (χ2v) is 6.41. The van der Waals surface area contributed by atoms with Crippen molar-refractivity contribution in [3.8, 4) is 0 Å². The lowest BCUT2D eigenvalue weighted by Crippen LogP contribution is -2.43. The molecule has 21 heavy (non-hydrogen) atoms. The molecule has 0 bridgehead atoms. The van der Waals surface area contributed by atoms with E-state index in [4.69, 9.17) is 0 Å². The SMILES string of the molecule is CC(Cc1c(F)cccc1F)NCC1(CO)CCCCC1. The minimum absolute atomic E-state index is 0.0262. The molecule has 0 spiro atoms. The highest BCUT2D eigenvalue weighted by molar-refractivity contribution is 5.20. The van der Waals surface area contributed by atoms with Crippen molar-refractivity contribution < 1.29 is 13.9 Å². The summed E-state index contributed by atoms with van der Waals surface area (Å²) in [5, 5.41) is 13.0. The van der Waals surface area contributed by atoms with Crippen LogP contribution in [0, 0.1) is 17.0 Å². The van der Waals surface area contributed by atoms with E-state index in [0.29, 0.717) is 13.0 Å². The molecule has 118 valence electrons. The van der Waals surface area contributed by atoms with E-state index in [2.05, 4.69) is 5.32 Å². The van der Waals surface area contributed by atoms with Gasteiger partial charge in [-0.15, -0.1) is 0 Å². The van der Waals surface area contributed by atoms with Crippen molar-refractivity contribution in [1.82, 2.24) is 5.32 Å². The lowest BCUT2D eigenvalue weighted by atomic mass is 9.74. The number of hydrogen-bond donors (Lipinski definition) is 2. The molecule has 0 aliphatic heterocycles. The largest absolute Gasteiger partial charge is 0.396 e. The summed E-state index contributed by atoms with van der Waals surface area (Å²) in [6, 6.07) is 3.94. The Balaban J connectivity index is 1.91. The van der Waals surface area contributed by atoms with Gasteiger partial charge in [-0.05, 0) is 38.3 Å². The number of aliphatic hydroxyl groups is 1. The van der Waals surface area contributed by atoms with Crippen LogP contribution in [-0.4, -0.2) is 24.3 Å². The van der Waals surface area contributed by atoms with Gasteiger partial charge in [0, 0.05) is 30.2 Å². The normalized spacial score (nSPS) is 19.4. The highest BCUT2D eigenvalue weighted by Crippen LogP contribution is 2.35. The van der Waals surface area contributed by atoms with E-state index < -0.39 is 11.6 Å². The molecule has 1 aliphatic carbocycles. The average Bonchev–Trinajstić information content (AvgIpc) is 2.50. The molecule has 1 aliphatic rings. The van der Waals surface area contributed by atoms with Gasteiger partial charge in [-0.2, -0.15) is 0 Å². The molecule has 0 radical (unpaired) electrons. The zero-order valence-electron chi connectivity index (χ0n) is 12.7. The Kier molecular flexibility index (Phi) is 5.71. The van der Waals surface area contributed by atoms with E-state index in [0.717, 1.165) is 25.7 Å². The topological polar surface area (TPSA) is 32.3 Å². The number of nitrogens with one attached hydrogen (secondary N) is 1. The number of aliphatic hydroxyl groups excluding tert-OH is 1. The van der Waals surface area contributed by atoms with Gasteiger partial charge in [0.25, 0.3) is 0 Å². The zero-order valence-corrected chi connectivity index (χ0v) is 12.7. The minimum Gasteiger partial charge on any atom is -0.396 e. The molecule has 2 N–H and O–H groups in total. The van der Waals surface area contributed by atoms with Crippen LogP contribution in [-0.2, 0) is 6.42 Å². The quantitative estimate of drug-likeness (QED) is 0.843. The third-order valence-electron chi connectivity index (χ3n) is 4.65. The van der Waals surface area contributed by atoms with Crippen LogP contribution in [0.2, 0.25) is 0 Å². The van der Waals surface area contributed by atoms with Crippen molar-refractivity contribution in [3.05, 3.63) is 35.4 Å². The fourth-order valence-corrected chi connectivity index (χ4v) is 3.19. The third kappa shape index (κ3) is 4.24. The van der Waals surface area contributed by atoms with Gasteiger partial charge in [-0.1, -0.05) is 25.3 Å². The zero-order chi connectivity index (χ0) is 15.3. The second-order valence-electron chi connectivity index (χ2n) is 6.41. The highest BCUT2D eigenvalue weighted by atomic mass is 19.1. The standard InChI is InChI=1S/C17H25F2NO/c1-13(10-14-15(18)6-5-7-16(14)19)20-11-17(12-21)8-3-2-4-9-17/h5-7,13,20-21H,2-4,8-12H2,1H3. The molecule has 0 heterocycles. The van der Waals surface area contributed by atoms with Crippen molar-refractivity contribution in [3.63, 3.8) is 0 Å². The van der Waals surface area contributed by atoms with Crippen molar-refractivity contribution in [2.45, 2.75) is 51.5 Å². The maximum atomic E-state index is 13.6. The van der Waals surface area contributed by atoms with Gasteiger partial charge in [0.1, 0.15) is 11.6 Å². The second kappa shape index (κ2) is 7.32. The smallest absolute Gasteiger partial charge is 0.129 e. The summed E-state index contributed by atoms with van der Waals surface area (Å²) >= 11 is 0. The Morgan fingerprint density at radius 1 is 1.19 bits per heavy atom. The van der Waals surface area contributed by atoms with Crippen molar-refractivity contribution >= 4 is 0 Å². The number of benzene rings is 1. The minimum atomic E-state index is -0.488. The first-order valence-corrected chi connectivity index (χ1v) is 7.83. The Hall–Kier alpha value is -1.00. The molecule has 1 aromatic carbocycles. The van der Waals surface area contributed by atoms with E-state index in [9.17, 15) is 13.9 Å². The van der Waals surface area contributed by atoms with Gasteiger partial charge in [-0.25, -0.2) is 8.78 Å². The molecule has 0 amide bonds. The maximum Gasteiger partial charge on any atom is 0.129 e. The van der Waals surface area contributed by atoms with Crippen molar-refractivity contribution in [2.24, 2.45) is 5.41 Å². The Bertz CT molecular complexity index is 438. The van der Waals surface area contributed by atoms with E-state index in [1.54, 1.807) is 0 Å². The van der Waals surface area contributed by atoms with E-state index >= 15 is 0 Å². The summed E-state index contributed by atoms with van der Waals surface area (Å²) in [6.45, 7) is 2.82. The van der Waals surface area contributed by atoms with Gasteiger partial charge >= 0.3 is 0 Å². The fraction of sp³-hybridized carbons (Fsp3) is 0.647. The van der Waals surface area contributed by atoms with E-state index in [1.807, 2.05) is 6.92 Å². The summed E-state index contributed by atoms with van der Waals surface area (Å²) in [7, 11) is 0. The van der Waals surface area contributed by atoms with Crippen molar-refractivity contribution in [1.29, 1.82) is 0 Å². The lowest BCUT2D eigenvalue weighted by molar-refractivity contribution is 0.0788. The third-order valence-corrected chi connectivity index (χ3v) is 4.65. The van der Waals surface area contributed by atoms with Gasteiger partial charge in [0.2, 0.25) is 0 Å². The Morgan fingerprint density at radius 3 is 2.38 bits per heavy atom. The fourth-order valence-electron chi connectivity index (χ4n) is 3.19. The molecule has 2 rings (SSSR count). The van der Waals surface area contributed by atoms with Crippen LogP contribution < -0.4 is 5.32 Å². The average molecular weight is 297 g/mol. The van der Waals surface area contributed by atoms with Crippen LogP contribution in [0.5, 0.6) is 0 Å². The van der Waals surface area contributed by atoms with Gasteiger partial charge in [-0.3, -0.25) is 0 Å². The van der Waals surface area contributed by atoms with Crippen LogP contribution in [0.3, 0.4) is 0 Å². The molecular weight excluding hydrogens is 272 g/mol. The predicted octanol–water partition coefficient (Wildman–Crippen LogP) is 3.43. The monoisotopic (exact) mass is 297 g/mol. The molecule has 0 saturated heterocycles. The van der Waals surface area contributed by atoms with Crippen molar-refractivity contribution in [2.75, 3.05) is 13.2 Å². The van der Waals surface area contributed by atoms with E-state index in [-0.39, 0.29) is 23.6 Å². The number of halogens is 2. The first-order chi connectivity index (χ1) is 10.1. The highest BCUT2D eigenvalue weighted by Gasteiger charge is 2.31. The molecule has 0 aromatic heterocycles. The molecule has 1 saturated carbocycles. The molecule has 4 heteroatoms. The Morgan fingerprint density at radius 2 is 1.81 bits per heavy atom. The molecule has 2 nitrogen and oxygen atoms in total. The first-order valence-electron chi connectivity index (χ1n) is 7.83. The van der Waals surface area contributed by atoms with Crippen LogP contribution in [0.1, 0.15) is 44.6 Å². The molecule has 1 unspecified atom stereocenters. The molecule has 1 atom stereocenters. The maximum absolute atomic E-state index is 13.6. The van der Waals surface area contributed by atoms with Gasteiger partial charge < -0.3 is 10.4 Å². The molecule has 1 aromatic rings. The Labute approximate surface area is 125 Å². The summed E-state index contributed by atoms with van der Waals surface area (Å²) in [5.74, 6) is -0.976. The van der Waals surface area contributed by atoms with Gasteiger partial charge in [0.15, 0.2) is 0 Å². The van der Waals surface area contributed by atoms with Gasteiger partial charge in [0.05, 0.1) is 0 Å².